The molecule has 1 amide bonds. The Labute approximate surface area is 152 Å². The number of halogens is 1. The lowest BCUT2D eigenvalue weighted by Crippen LogP contribution is -2.30. The Morgan fingerprint density at radius 1 is 1.27 bits per heavy atom. The zero-order chi connectivity index (χ0) is 19.1. The number of nitrogens with one attached hydrogen (secondary N) is 1. The fraction of sp³-hybridized carbons (Fsp3) is 0.176. The van der Waals surface area contributed by atoms with Gasteiger partial charge in [0, 0.05) is 11.8 Å². The van der Waals surface area contributed by atoms with Gasteiger partial charge >= 0.3 is 5.97 Å². The lowest BCUT2D eigenvalue weighted by atomic mass is 10.3. The van der Waals surface area contributed by atoms with E-state index in [0.717, 1.165) is 17.8 Å². The Morgan fingerprint density at radius 3 is 2.69 bits per heavy atom. The van der Waals surface area contributed by atoms with Gasteiger partial charge in [0.05, 0.1) is 15.6 Å². The van der Waals surface area contributed by atoms with Crippen LogP contribution in [0.4, 0.5) is 15.8 Å². The fourth-order valence-corrected chi connectivity index (χ4v) is 2.77. The van der Waals surface area contributed by atoms with Crippen molar-refractivity contribution in [2.24, 2.45) is 0 Å². The van der Waals surface area contributed by atoms with E-state index in [1.54, 1.807) is 6.07 Å². The topological polar surface area (TPSA) is 98.5 Å². The molecule has 0 saturated heterocycles. The average molecular weight is 378 g/mol. The minimum Gasteiger partial charge on any atom is -0.452 e. The number of hydrogen-bond acceptors (Lipinski definition) is 6. The van der Waals surface area contributed by atoms with E-state index in [9.17, 15) is 24.1 Å². The summed E-state index contributed by atoms with van der Waals surface area (Å²) in [6.45, 7) is 1.38. The number of benzene rings is 2. The number of thioether (sulfide) groups is 1. The van der Waals surface area contributed by atoms with Crippen LogP contribution < -0.4 is 5.32 Å². The molecule has 0 aliphatic heterocycles. The second kappa shape index (κ2) is 8.95. The maximum atomic E-state index is 13.1. The van der Waals surface area contributed by atoms with Gasteiger partial charge in [-0.2, -0.15) is 0 Å². The number of nitrogens with zero attached hydrogens (tertiary/aromatic N) is 1. The third-order valence-electron chi connectivity index (χ3n) is 3.18. The molecule has 0 bridgehead atoms. The predicted octanol–water partition coefficient (Wildman–Crippen LogP) is 3.40. The van der Waals surface area contributed by atoms with Crippen molar-refractivity contribution in [3.8, 4) is 0 Å². The molecule has 2 aromatic carbocycles. The largest absolute Gasteiger partial charge is 0.452 e. The smallest absolute Gasteiger partial charge is 0.317 e. The maximum Gasteiger partial charge on any atom is 0.317 e. The van der Waals surface area contributed by atoms with Crippen molar-refractivity contribution in [3.05, 3.63) is 64.5 Å². The summed E-state index contributed by atoms with van der Waals surface area (Å²) in [7, 11) is 0. The molecule has 2 rings (SSSR count). The Bertz CT molecular complexity index is 830. The summed E-state index contributed by atoms with van der Waals surface area (Å²) in [6, 6.07) is 11.3. The molecule has 0 heterocycles. The lowest BCUT2D eigenvalue weighted by molar-refractivity contribution is -0.387. The number of hydrogen-bond donors (Lipinski definition) is 1. The molecule has 0 aliphatic carbocycles. The van der Waals surface area contributed by atoms with Gasteiger partial charge in [0.1, 0.15) is 5.82 Å². The van der Waals surface area contributed by atoms with Crippen LogP contribution in [0, 0.1) is 15.9 Å². The van der Waals surface area contributed by atoms with E-state index >= 15 is 0 Å². The molecule has 0 saturated carbocycles. The highest BCUT2D eigenvalue weighted by Gasteiger charge is 2.20. The van der Waals surface area contributed by atoms with Crippen LogP contribution in [0.1, 0.15) is 6.92 Å². The normalized spacial score (nSPS) is 11.5. The zero-order valence-electron chi connectivity index (χ0n) is 13.7. The molecule has 0 aromatic heterocycles. The summed E-state index contributed by atoms with van der Waals surface area (Å²) in [6.07, 6.45) is -1.10. The zero-order valence-corrected chi connectivity index (χ0v) is 14.5. The molecule has 0 radical (unpaired) electrons. The molecule has 0 unspecified atom stereocenters. The van der Waals surface area contributed by atoms with E-state index in [1.807, 2.05) is 0 Å². The summed E-state index contributed by atoms with van der Waals surface area (Å²) in [5, 5.41) is 13.4. The van der Waals surface area contributed by atoms with Crippen molar-refractivity contribution < 1.29 is 23.6 Å². The highest BCUT2D eigenvalue weighted by molar-refractivity contribution is 8.00. The molecule has 1 atom stereocenters. The number of carbonyl (C=O) groups is 2. The van der Waals surface area contributed by atoms with Gasteiger partial charge < -0.3 is 10.1 Å². The Morgan fingerprint density at radius 2 is 2.00 bits per heavy atom. The van der Waals surface area contributed by atoms with Crippen molar-refractivity contribution in [2.45, 2.75) is 17.9 Å². The SMILES string of the molecule is C[C@@H](OC(=O)CSc1ccccc1[N+](=O)[O-])C(=O)Nc1cccc(F)c1. The summed E-state index contributed by atoms with van der Waals surface area (Å²) >= 11 is 0.946. The van der Waals surface area contributed by atoms with Gasteiger partial charge in [-0.3, -0.25) is 19.7 Å². The third kappa shape index (κ3) is 5.55. The average Bonchev–Trinajstić information content (AvgIpc) is 2.60. The molecule has 0 fully saturated rings. The number of rotatable bonds is 7. The molecule has 1 N–H and O–H groups in total. The number of carbonyl (C=O) groups excluding carboxylic acids is 2. The monoisotopic (exact) mass is 378 g/mol. The lowest BCUT2D eigenvalue weighted by Gasteiger charge is -2.13. The van der Waals surface area contributed by atoms with E-state index < -0.39 is 28.7 Å². The molecule has 0 aliphatic rings. The van der Waals surface area contributed by atoms with E-state index in [2.05, 4.69) is 5.32 Å². The second-order valence-electron chi connectivity index (χ2n) is 5.15. The Hall–Kier alpha value is -2.94. The molecule has 26 heavy (non-hydrogen) atoms. The number of anilines is 1. The van der Waals surface area contributed by atoms with Crippen LogP contribution >= 0.6 is 11.8 Å². The van der Waals surface area contributed by atoms with Crippen LogP contribution in [0.2, 0.25) is 0 Å². The Balaban J connectivity index is 1.87. The second-order valence-corrected chi connectivity index (χ2v) is 6.16. The van der Waals surface area contributed by atoms with Crippen LogP contribution in [-0.4, -0.2) is 28.7 Å². The molecule has 7 nitrogen and oxygen atoms in total. The molecular weight excluding hydrogens is 363 g/mol. The number of nitro groups is 1. The van der Waals surface area contributed by atoms with Crippen LogP contribution in [0.5, 0.6) is 0 Å². The van der Waals surface area contributed by atoms with Gasteiger partial charge in [-0.15, -0.1) is 11.8 Å². The predicted molar refractivity (Wildman–Crippen MR) is 94.4 cm³/mol. The number of para-hydroxylation sites is 1. The highest BCUT2D eigenvalue weighted by Crippen LogP contribution is 2.28. The first-order chi connectivity index (χ1) is 12.4. The van der Waals surface area contributed by atoms with Gasteiger partial charge in [-0.25, -0.2) is 4.39 Å². The summed E-state index contributed by atoms with van der Waals surface area (Å²) in [4.78, 5) is 34.5. The van der Waals surface area contributed by atoms with Crippen molar-refractivity contribution in [1.82, 2.24) is 0 Å². The molecule has 2 aromatic rings. The van der Waals surface area contributed by atoms with Crippen molar-refractivity contribution in [1.29, 1.82) is 0 Å². The van der Waals surface area contributed by atoms with Crippen LogP contribution in [-0.2, 0) is 14.3 Å². The summed E-state index contributed by atoms with van der Waals surface area (Å²) in [5.41, 5.74) is 0.134. The van der Waals surface area contributed by atoms with E-state index in [1.165, 1.54) is 43.3 Å². The van der Waals surface area contributed by atoms with E-state index in [-0.39, 0.29) is 17.1 Å². The van der Waals surface area contributed by atoms with Crippen LogP contribution in [0.15, 0.2) is 53.4 Å². The van der Waals surface area contributed by atoms with Gasteiger partial charge in [0.2, 0.25) is 0 Å². The quantitative estimate of drug-likeness (QED) is 0.343. The number of nitro benzene ring substituents is 1. The number of amides is 1. The minimum absolute atomic E-state index is 0.109. The van der Waals surface area contributed by atoms with Crippen molar-refractivity contribution in [3.63, 3.8) is 0 Å². The fourth-order valence-electron chi connectivity index (χ4n) is 1.96. The molecular formula is C17H15FN2O5S. The third-order valence-corrected chi connectivity index (χ3v) is 4.21. The molecule has 0 spiro atoms. The van der Waals surface area contributed by atoms with Gasteiger partial charge in [-0.1, -0.05) is 18.2 Å². The van der Waals surface area contributed by atoms with Crippen molar-refractivity contribution >= 4 is 35.0 Å². The first kappa shape index (κ1) is 19.4. The first-order valence-corrected chi connectivity index (χ1v) is 8.47. The van der Waals surface area contributed by atoms with Crippen molar-refractivity contribution in [2.75, 3.05) is 11.1 Å². The first-order valence-electron chi connectivity index (χ1n) is 7.49. The standard InChI is InChI=1S/C17H15FN2O5S/c1-11(17(22)19-13-6-4-5-12(18)9-13)25-16(21)10-26-15-8-3-2-7-14(15)20(23)24/h2-9,11H,10H2,1H3,(H,19,22)/t11-/m1/s1. The van der Waals surface area contributed by atoms with Crippen LogP contribution in [0.3, 0.4) is 0 Å². The van der Waals surface area contributed by atoms with Gasteiger partial charge in [-0.05, 0) is 31.2 Å². The van der Waals surface area contributed by atoms with Gasteiger partial charge in [0.15, 0.2) is 6.10 Å². The van der Waals surface area contributed by atoms with E-state index in [4.69, 9.17) is 4.74 Å². The van der Waals surface area contributed by atoms with Crippen LogP contribution in [0.25, 0.3) is 0 Å². The number of ether oxygens (including phenoxy) is 1. The molecule has 9 heteroatoms. The van der Waals surface area contributed by atoms with E-state index in [0.29, 0.717) is 4.90 Å². The summed E-state index contributed by atoms with van der Waals surface area (Å²) in [5.74, 6) is -2.01. The number of esters is 1. The minimum atomic E-state index is -1.10. The highest BCUT2D eigenvalue weighted by atomic mass is 32.2. The Kier molecular flexibility index (Phi) is 6.67. The maximum absolute atomic E-state index is 13.1. The van der Waals surface area contributed by atoms with Gasteiger partial charge in [0.25, 0.3) is 11.6 Å². The molecule has 136 valence electrons. The summed E-state index contributed by atoms with van der Waals surface area (Å²) < 4.78 is 18.1.